The number of hydrogen-bond donors (Lipinski definition) is 1. The van der Waals surface area contributed by atoms with Crippen LogP contribution < -0.4 is 5.43 Å². The third-order valence-electron chi connectivity index (χ3n) is 3.78. The Labute approximate surface area is 155 Å². The molecule has 0 aliphatic carbocycles. The van der Waals surface area contributed by atoms with Crippen LogP contribution in [-0.2, 0) is 17.6 Å². The van der Waals surface area contributed by atoms with Crippen LogP contribution >= 0.6 is 11.3 Å². The maximum absolute atomic E-state index is 13.0. The summed E-state index contributed by atoms with van der Waals surface area (Å²) in [5.41, 5.74) is 6.18. The lowest BCUT2D eigenvalue weighted by Gasteiger charge is -1.99. The molecule has 3 rings (SSSR count). The van der Waals surface area contributed by atoms with Crippen molar-refractivity contribution in [2.45, 2.75) is 19.8 Å². The molecular weight excluding hydrogens is 349 g/mol. The summed E-state index contributed by atoms with van der Waals surface area (Å²) in [6, 6.07) is 14.1. The maximum Gasteiger partial charge on any atom is 0.246 e. The van der Waals surface area contributed by atoms with Gasteiger partial charge in [-0.1, -0.05) is 31.2 Å². The van der Waals surface area contributed by atoms with Crippen LogP contribution in [0.4, 0.5) is 4.39 Å². The second-order valence-corrected chi connectivity index (χ2v) is 6.57. The molecule has 26 heavy (non-hydrogen) atoms. The van der Waals surface area contributed by atoms with Crippen molar-refractivity contribution in [2.24, 2.45) is 5.10 Å². The van der Waals surface area contributed by atoms with E-state index in [-0.39, 0.29) is 18.1 Å². The van der Waals surface area contributed by atoms with Crippen LogP contribution in [0.5, 0.6) is 0 Å². The molecular formula is C20H18FN3OS. The molecule has 2 aromatic carbocycles. The SMILES string of the molecule is CCc1ccc(/C=N\NC(=O)Cc2csc(-c3ccc(F)cc3)n2)cc1. The number of rotatable bonds is 6. The lowest BCUT2D eigenvalue weighted by molar-refractivity contribution is -0.120. The molecule has 0 fully saturated rings. The zero-order valence-corrected chi connectivity index (χ0v) is 15.1. The van der Waals surface area contributed by atoms with Gasteiger partial charge < -0.3 is 0 Å². The topological polar surface area (TPSA) is 54.4 Å². The summed E-state index contributed by atoms with van der Waals surface area (Å²) >= 11 is 1.42. The molecule has 0 saturated heterocycles. The van der Waals surface area contributed by atoms with E-state index in [9.17, 15) is 9.18 Å². The molecule has 0 aliphatic rings. The van der Waals surface area contributed by atoms with E-state index < -0.39 is 0 Å². The highest BCUT2D eigenvalue weighted by molar-refractivity contribution is 7.13. The number of thiazole rings is 1. The zero-order chi connectivity index (χ0) is 18.4. The van der Waals surface area contributed by atoms with Gasteiger partial charge in [0.2, 0.25) is 5.91 Å². The van der Waals surface area contributed by atoms with Gasteiger partial charge in [-0.25, -0.2) is 14.8 Å². The molecule has 0 unspecified atom stereocenters. The van der Waals surface area contributed by atoms with Crippen LogP contribution in [0.3, 0.4) is 0 Å². The third-order valence-corrected chi connectivity index (χ3v) is 4.72. The highest BCUT2D eigenvalue weighted by Crippen LogP contribution is 2.24. The first-order valence-electron chi connectivity index (χ1n) is 8.25. The monoisotopic (exact) mass is 367 g/mol. The largest absolute Gasteiger partial charge is 0.273 e. The minimum Gasteiger partial charge on any atom is -0.273 e. The van der Waals surface area contributed by atoms with E-state index in [1.807, 2.05) is 29.6 Å². The number of hydrazone groups is 1. The summed E-state index contributed by atoms with van der Waals surface area (Å²) in [5, 5.41) is 6.56. The van der Waals surface area contributed by atoms with Crippen LogP contribution in [0, 0.1) is 5.82 Å². The average molecular weight is 367 g/mol. The smallest absolute Gasteiger partial charge is 0.246 e. The van der Waals surface area contributed by atoms with Gasteiger partial charge in [-0.15, -0.1) is 11.3 Å². The molecule has 0 aliphatic heterocycles. The summed E-state index contributed by atoms with van der Waals surface area (Å²) in [6.45, 7) is 2.10. The summed E-state index contributed by atoms with van der Waals surface area (Å²) in [6.07, 6.45) is 2.74. The predicted molar refractivity (Wildman–Crippen MR) is 103 cm³/mol. The Morgan fingerprint density at radius 1 is 1.19 bits per heavy atom. The van der Waals surface area contributed by atoms with Crippen molar-refractivity contribution in [3.63, 3.8) is 0 Å². The van der Waals surface area contributed by atoms with Crippen molar-refractivity contribution in [2.75, 3.05) is 0 Å². The van der Waals surface area contributed by atoms with Gasteiger partial charge in [0, 0.05) is 10.9 Å². The van der Waals surface area contributed by atoms with Crippen molar-refractivity contribution in [1.82, 2.24) is 10.4 Å². The lowest BCUT2D eigenvalue weighted by atomic mass is 10.1. The molecule has 1 amide bonds. The van der Waals surface area contributed by atoms with E-state index in [4.69, 9.17) is 0 Å². The van der Waals surface area contributed by atoms with Crippen molar-refractivity contribution >= 4 is 23.5 Å². The number of aryl methyl sites for hydroxylation is 1. The maximum atomic E-state index is 13.0. The molecule has 0 spiro atoms. The van der Waals surface area contributed by atoms with E-state index in [1.54, 1.807) is 18.3 Å². The van der Waals surface area contributed by atoms with Gasteiger partial charge in [0.1, 0.15) is 10.8 Å². The summed E-state index contributed by atoms with van der Waals surface area (Å²) in [7, 11) is 0. The molecule has 132 valence electrons. The molecule has 3 aromatic rings. The number of carbonyl (C=O) groups is 1. The van der Waals surface area contributed by atoms with Crippen LogP contribution in [0.2, 0.25) is 0 Å². The Kier molecular flexibility index (Phi) is 5.86. The number of hydrogen-bond acceptors (Lipinski definition) is 4. The Morgan fingerprint density at radius 3 is 2.62 bits per heavy atom. The Hall–Kier alpha value is -2.86. The van der Waals surface area contributed by atoms with E-state index in [0.717, 1.165) is 22.6 Å². The minimum absolute atomic E-state index is 0.143. The predicted octanol–water partition coefficient (Wildman–Crippen LogP) is 4.20. The second kappa shape index (κ2) is 8.49. The van der Waals surface area contributed by atoms with Gasteiger partial charge >= 0.3 is 0 Å². The fourth-order valence-electron chi connectivity index (χ4n) is 2.34. The number of carbonyl (C=O) groups excluding carboxylic acids is 1. The first kappa shape index (κ1) is 17.9. The van der Waals surface area contributed by atoms with Crippen molar-refractivity contribution in [3.05, 3.63) is 76.5 Å². The third kappa shape index (κ3) is 4.83. The number of benzene rings is 2. The zero-order valence-electron chi connectivity index (χ0n) is 14.3. The van der Waals surface area contributed by atoms with Crippen molar-refractivity contribution in [1.29, 1.82) is 0 Å². The van der Waals surface area contributed by atoms with Gasteiger partial charge in [-0.3, -0.25) is 4.79 Å². The van der Waals surface area contributed by atoms with Gasteiger partial charge in [0.15, 0.2) is 0 Å². The first-order chi connectivity index (χ1) is 12.6. The molecule has 1 N–H and O–H groups in total. The lowest BCUT2D eigenvalue weighted by Crippen LogP contribution is -2.19. The van der Waals surface area contributed by atoms with Gasteiger partial charge in [-0.05, 0) is 41.8 Å². The Bertz CT molecular complexity index is 902. The fourth-order valence-corrected chi connectivity index (χ4v) is 3.16. The number of nitrogens with one attached hydrogen (secondary N) is 1. The number of aromatic nitrogens is 1. The fraction of sp³-hybridized carbons (Fsp3) is 0.150. The molecule has 4 nitrogen and oxygen atoms in total. The number of nitrogens with zero attached hydrogens (tertiary/aromatic N) is 2. The van der Waals surface area contributed by atoms with Crippen LogP contribution in [0.1, 0.15) is 23.7 Å². The quantitative estimate of drug-likeness (QED) is 0.524. The Morgan fingerprint density at radius 2 is 1.92 bits per heavy atom. The standard InChI is InChI=1S/C20H18FN3OS/c1-2-14-3-5-15(6-4-14)12-22-24-19(25)11-18-13-26-20(23-18)16-7-9-17(21)10-8-16/h3-10,12-13H,2,11H2,1H3,(H,24,25)/b22-12-. The summed E-state index contributed by atoms with van der Waals surface area (Å²) < 4.78 is 13.0. The summed E-state index contributed by atoms with van der Waals surface area (Å²) in [4.78, 5) is 16.4. The molecule has 0 radical (unpaired) electrons. The molecule has 1 aromatic heterocycles. The van der Waals surface area contributed by atoms with E-state index in [2.05, 4.69) is 22.4 Å². The molecule has 1 heterocycles. The average Bonchev–Trinajstić information content (AvgIpc) is 3.11. The van der Waals surface area contributed by atoms with Crippen LogP contribution in [-0.4, -0.2) is 17.1 Å². The molecule has 0 atom stereocenters. The van der Waals surface area contributed by atoms with Gasteiger partial charge in [0.25, 0.3) is 0 Å². The molecule has 0 saturated carbocycles. The highest BCUT2D eigenvalue weighted by Gasteiger charge is 2.08. The molecule has 6 heteroatoms. The Balaban J connectivity index is 1.54. The highest BCUT2D eigenvalue weighted by atomic mass is 32.1. The number of halogens is 1. The number of amides is 1. The van der Waals surface area contributed by atoms with Crippen LogP contribution in [0.15, 0.2) is 59.0 Å². The molecule has 0 bridgehead atoms. The first-order valence-corrected chi connectivity index (χ1v) is 9.13. The van der Waals surface area contributed by atoms with Crippen molar-refractivity contribution < 1.29 is 9.18 Å². The van der Waals surface area contributed by atoms with Gasteiger partial charge in [0.05, 0.1) is 18.3 Å². The van der Waals surface area contributed by atoms with E-state index in [1.165, 1.54) is 29.0 Å². The second-order valence-electron chi connectivity index (χ2n) is 5.72. The summed E-state index contributed by atoms with van der Waals surface area (Å²) in [5.74, 6) is -0.519. The minimum atomic E-state index is -0.285. The van der Waals surface area contributed by atoms with E-state index >= 15 is 0 Å². The van der Waals surface area contributed by atoms with Gasteiger partial charge in [-0.2, -0.15) is 5.10 Å². The van der Waals surface area contributed by atoms with Crippen LogP contribution in [0.25, 0.3) is 10.6 Å². The normalized spacial score (nSPS) is 11.0. The van der Waals surface area contributed by atoms with E-state index in [0.29, 0.717) is 5.69 Å². The van der Waals surface area contributed by atoms with Crippen molar-refractivity contribution in [3.8, 4) is 10.6 Å².